The van der Waals surface area contributed by atoms with Crippen LogP contribution in [0, 0.1) is 0 Å². The van der Waals surface area contributed by atoms with Crippen LogP contribution >= 0.6 is 0 Å². The molecule has 0 saturated carbocycles. The Labute approximate surface area is 121 Å². The molecule has 0 spiro atoms. The lowest BCUT2D eigenvalue weighted by Gasteiger charge is -2.08. The maximum absolute atomic E-state index is 11.9. The lowest BCUT2D eigenvalue weighted by Crippen LogP contribution is -2.20. The molecule has 110 valence electrons. The summed E-state index contributed by atoms with van der Waals surface area (Å²) in [6.07, 6.45) is 3.23. The second kappa shape index (κ2) is 6.08. The number of para-hydroxylation sites is 1. The summed E-state index contributed by atoms with van der Waals surface area (Å²) >= 11 is 0. The zero-order chi connectivity index (χ0) is 15.4. The summed E-state index contributed by atoms with van der Waals surface area (Å²) in [4.78, 5) is 22.9. The monoisotopic (exact) mass is 288 g/mol. The Morgan fingerprint density at radius 2 is 1.95 bits per heavy atom. The number of carbonyl (C=O) groups excluding carboxylic acids is 1. The quantitative estimate of drug-likeness (QED) is 0.806. The molecule has 0 aliphatic heterocycles. The van der Waals surface area contributed by atoms with Crippen molar-refractivity contribution in [2.75, 3.05) is 10.6 Å². The number of nitrogens with zero attached hydrogens (tertiary/aromatic N) is 2. The summed E-state index contributed by atoms with van der Waals surface area (Å²) in [5.74, 6) is -1.10. The maximum Gasteiger partial charge on any atom is 0.337 e. The first-order valence-corrected chi connectivity index (χ1v) is 6.42. The van der Waals surface area contributed by atoms with E-state index < -0.39 is 12.0 Å². The molecule has 0 fully saturated rings. The Morgan fingerprint density at radius 1 is 1.24 bits per heavy atom. The molecule has 2 aromatic rings. The van der Waals surface area contributed by atoms with E-state index in [0.29, 0.717) is 5.69 Å². The molecular formula is C14H16N4O3. The van der Waals surface area contributed by atoms with E-state index in [4.69, 9.17) is 5.11 Å². The molecule has 7 nitrogen and oxygen atoms in total. The summed E-state index contributed by atoms with van der Waals surface area (Å²) in [5, 5.41) is 18.3. The van der Waals surface area contributed by atoms with Crippen molar-refractivity contribution in [3.63, 3.8) is 0 Å². The molecular weight excluding hydrogens is 272 g/mol. The van der Waals surface area contributed by atoms with Gasteiger partial charge in [-0.25, -0.2) is 9.59 Å². The molecule has 0 aliphatic carbocycles. The van der Waals surface area contributed by atoms with E-state index >= 15 is 0 Å². The van der Waals surface area contributed by atoms with Gasteiger partial charge in [0.25, 0.3) is 0 Å². The number of hydrogen-bond acceptors (Lipinski definition) is 3. The predicted molar refractivity (Wildman–Crippen MR) is 78.7 cm³/mol. The van der Waals surface area contributed by atoms with Crippen molar-refractivity contribution in [2.45, 2.75) is 19.9 Å². The van der Waals surface area contributed by atoms with Gasteiger partial charge in [0.1, 0.15) is 0 Å². The van der Waals surface area contributed by atoms with Crippen LogP contribution < -0.4 is 10.6 Å². The van der Waals surface area contributed by atoms with Crippen molar-refractivity contribution in [1.82, 2.24) is 9.78 Å². The minimum Gasteiger partial charge on any atom is -0.478 e. The highest BCUT2D eigenvalue weighted by atomic mass is 16.4. The third kappa shape index (κ3) is 3.59. The maximum atomic E-state index is 11.9. The Morgan fingerprint density at radius 3 is 2.57 bits per heavy atom. The minimum absolute atomic E-state index is 0.0329. The summed E-state index contributed by atoms with van der Waals surface area (Å²) in [7, 11) is 0. The van der Waals surface area contributed by atoms with Gasteiger partial charge < -0.3 is 15.7 Å². The zero-order valence-corrected chi connectivity index (χ0v) is 11.7. The molecule has 2 amide bonds. The molecule has 0 radical (unpaired) electrons. The molecule has 1 heterocycles. The number of rotatable bonds is 4. The van der Waals surface area contributed by atoms with Gasteiger partial charge in [0, 0.05) is 12.2 Å². The number of carboxylic acid groups (broad SMARTS) is 1. The summed E-state index contributed by atoms with van der Waals surface area (Å²) < 4.78 is 1.71. The molecule has 0 atom stereocenters. The van der Waals surface area contributed by atoms with E-state index in [2.05, 4.69) is 15.7 Å². The third-order valence-corrected chi connectivity index (χ3v) is 2.79. The van der Waals surface area contributed by atoms with Gasteiger partial charge >= 0.3 is 12.0 Å². The predicted octanol–water partition coefficient (Wildman–Crippen LogP) is 2.81. The van der Waals surface area contributed by atoms with Gasteiger partial charge in [-0.1, -0.05) is 12.1 Å². The van der Waals surface area contributed by atoms with Crippen LogP contribution in [0.5, 0.6) is 0 Å². The molecule has 0 aliphatic rings. The number of nitrogens with one attached hydrogen (secondary N) is 2. The SMILES string of the molecule is CC(C)n1cc(NC(=O)Nc2ccccc2C(=O)O)cn1. The summed E-state index contributed by atoms with van der Waals surface area (Å²) in [6.45, 7) is 3.94. The third-order valence-electron chi connectivity index (χ3n) is 2.79. The second-order valence-corrected chi connectivity index (χ2v) is 4.73. The summed E-state index contributed by atoms with van der Waals surface area (Å²) in [6, 6.07) is 5.87. The Balaban J connectivity index is 2.06. The standard InChI is InChI=1S/C14H16N4O3/c1-9(2)18-8-10(7-15-18)16-14(21)17-12-6-4-3-5-11(12)13(19)20/h3-9H,1-2H3,(H,19,20)(H2,16,17,21). The van der Waals surface area contributed by atoms with E-state index in [-0.39, 0.29) is 17.3 Å². The van der Waals surface area contributed by atoms with E-state index in [0.717, 1.165) is 0 Å². The van der Waals surface area contributed by atoms with E-state index in [1.807, 2.05) is 13.8 Å². The van der Waals surface area contributed by atoms with Crippen LogP contribution in [0.1, 0.15) is 30.2 Å². The van der Waals surface area contributed by atoms with E-state index in [1.165, 1.54) is 18.3 Å². The number of aromatic nitrogens is 2. The lowest BCUT2D eigenvalue weighted by molar-refractivity contribution is 0.0698. The van der Waals surface area contributed by atoms with Crippen LogP contribution in [0.3, 0.4) is 0 Å². The molecule has 7 heteroatoms. The number of benzene rings is 1. The van der Waals surface area contributed by atoms with Gasteiger partial charge in [0.2, 0.25) is 0 Å². The van der Waals surface area contributed by atoms with Crippen LogP contribution in [0.4, 0.5) is 16.2 Å². The Kier molecular flexibility index (Phi) is 4.22. The van der Waals surface area contributed by atoms with Crippen molar-refractivity contribution < 1.29 is 14.7 Å². The molecule has 1 aromatic heterocycles. The van der Waals surface area contributed by atoms with Gasteiger partial charge in [-0.15, -0.1) is 0 Å². The molecule has 3 N–H and O–H groups in total. The van der Waals surface area contributed by atoms with Crippen LogP contribution in [-0.4, -0.2) is 26.9 Å². The molecule has 21 heavy (non-hydrogen) atoms. The highest BCUT2D eigenvalue weighted by Crippen LogP contribution is 2.16. The normalized spacial score (nSPS) is 10.4. The smallest absolute Gasteiger partial charge is 0.337 e. The van der Waals surface area contributed by atoms with Gasteiger partial charge in [-0.2, -0.15) is 5.10 Å². The van der Waals surface area contributed by atoms with Crippen molar-refractivity contribution >= 4 is 23.4 Å². The van der Waals surface area contributed by atoms with Gasteiger partial charge in [0.15, 0.2) is 0 Å². The highest BCUT2D eigenvalue weighted by Gasteiger charge is 2.12. The second-order valence-electron chi connectivity index (χ2n) is 4.73. The van der Waals surface area contributed by atoms with E-state index in [1.54, 1.807) is 23.0 Å². The average Bonchev–Trinajstić information content (AvgIpc) is 2.87. The fourth-order valence-corrected chi connectivity index (χ4v) is 1.75. The van der Waals surface area contributed by atoms with Gasteiger partial charge in [-0.3, -0.25) is 4.68 Å². The Hall–Kier alpha value is -2.83. The number of amides is 2. The minimum atomic E-state index is -1.10. The topological polar surface area (TPSA) is 96.2 Å². The van der Waals surface area contributed by atoms with Crippen molar-refractivity contribution in [1.29, 1.82) is 0 Å². The first-order chi connectivity index (χ1) is 9.97. The lowest BCUT2D eigenvalue weighted by atomic mass is 10.2. The zero-order valence-electron chi connectivity index (χ0n) is 11.7. The first kappa shape index (κ1) is 14.6. The largest absolute Gasteiger partial charge is 0.478 e. The van der Waals surface area contributed by atoms with Crippen molar-refractivity contribution in [3.8, 4) is 0 Å². The number of aromatic carboxylic acids is 1. The molecule has 0 saturated heterocycles. The summed E-state index contributed by atoms with van der Waals surface area (Å²) in [5.41, 5.74) is 0.804. The fraction of sp³-hybridized carbons (Fsp3) is 0.214. The number of anilines is 2. The molecule has 2 rings (SSSR count). The molecule has 0 unspecified atom stereocenters. The average molecular weight is 288 g/mol. The molecule has 1 aromatic carbocycles. The van der Waals surface area contributed by atoms with Crippen LogP contribution in [-0.2, 0) is 0 Å². The molecule has 0 bridgehead atoms. The van der Waals surface area contributed by atoms with Gasteiger partial charge in [-0.05, 0) is 26.0 Å². The van der Waals surface area contributed by atoms with Crippen LogP contribution in [0.25, 0.3) is 0 Å². The van der Waals surface area contributed by atoms with Crippen LogP contribution in [0.2, 0.25) is 0 Å². The number of hydrogen-bond donors (Lipinski definition) is 3. The van der Waals surface area contributed by atoms with E-state index in [9.17, 15) is 9.59 Å². The van der Waals surface area contributed by atoms with Crippen molar-refractivity contribution in [3.05, 3.63) is 42.2 Å². The first-order valence-electron chi connectivity index (χ1n) is 6.42. The van der Waals surface area contributed by atoms with Crippen LogP contribution in [0.15, 0.2) is 36.7 Å². The highest BCUT2D eigenvalue weighted by molar-refractivity contribution is 6.04. The number of carbonyl (C=O) groups is 2. The van der Waals surface area contributed by atoms with Crippen molar-refractivity contribution in [2.24, 2.45) is 0 Å². The fourth-order valence-electron chi connectivity index (χ4n) is 1.75. The number of urea groups is 1. The number of carboxylic acids is 1. The van der Waals surface area contributed by atoms with Gasteiger partial charge in [0.05, 0.1) is 23.1 Å². The Bertz CT molecular complexity index is 664.